The van der Waals surface area contributed by atoms with E-state index in [9.17, 15) is 9.50 Å². The zero-order valence-corrected chi connectivity index (χ0v) is 21.0. The first-order valence-corrected chi connectivity index (χ1v) is 12.8. The van der Waals surface area contributed by atoms with Gasteiger partial charge in [0.25, 0.3) is 0 Å². The minimum Gasteiger partial charge on any atom is -0.395 e. The van der Waals surface area contributed by atoms with E-state index >= 15 is 4.39 Å². The third kappa shape index (κ3) is 4.41. The summed E-state index contributed by atoms with van der Waals surface area (Å²) in [5, 5.41) is 14.4. The lowest BCUT2D eigenvalue weighted by Gasteiger charge is -2.31. The van der Waals surface area contributed by atoms with Gasteiger partial charge in [0, 0.05) is 57.0 Å². The molecule has 0 spiro atoms. The minimum absolute atomic E-state index is 0.0877. The molecule has 0 bridgehead atoms. The van der Waals surface area contributed by atoms with Gasteiger partial charge in [-0.05, 0) is 37.0 Å². The number of hydrogen-bond acceptors (Lipinski definition) is 7. The zero-order chi connectivity index (χ0) is 25.7. The fraction of sp³-hybridized carbons (Fsp3) is 0.462. The molecule has 1 aromatic carbocycles. The topological polar surface area (TPSA) is 88.1 Å². The molecule has 1 saturated carbocycles. The third-order valence-corrected chi connectivity index (χ3v) is 7.28. The Labute approximate surface area is 213 Å². The Morgan fingerprint density at radius 1 is 1.16 bits per heavy atom. The maximum atomic E-state index is 15.0. The number of imidazole rings is 1. The number of benzene rings is 1. The van der Waals surface area contributed by atoms with Crippen LogP contribution >= 0.6 is 0 Å². The predicted octanol–water partition coefficient (Wildman–Crippen LogP) is 3.65. The molecule has 9 nitrogen and oxygen atoms in total. The van der Waals surface area contributed by atoms with Crippen LogP contribution in [0.3, 0.4) is 0 Å². The van der Waals surface area contributed by atoms with Gasteiger partial charge in [0.1, 0.15) is 22.8 Å². The Morgan fingerprint density at radius 3 is 2.65 bits per heavy atom. The monoisotopic (exact) mass is 508 g/mol. The zero-order valence-electron chi connectivity index (χ0n) is 21.0. The van der Waals surface area contributed by atoms with Crippen LogP contribution in [-0.2, 0) is 7.05 Å². The van der Waals surface area contributed by atoms with E-state index < -0.39 is 11.6 Å². The van der Waals surface area contributed by atoms with Gasteiger partial charge in [-0.1, -0.05) is 6.92 Å². The van der Waals surface area contributed by atoms with Gasteiger partial charge in [-0.3, -0.25) is 4.68 Å². The molecule has 1 atom stereocenters. The third-order valence-electron chi connectivity index (χ3n) is 7.28. The largest absolute Gasteiger partial charge is 0.395 e. The Kier molecular flexibility index (Phi) is 6.02. The summed E-state index contributed by atoms with van der Waals surface area (Å²) in [7, 11) is 1.86. The van der Waals surface area contributed by atoms with Gasteiger partial charge in [-0.2, -0.15) is 15.1 Å². The highest BCUT2D eigenvalue weighted by Crippen LogP contribution is 2.36. The number of hydrogen-bond donors (Lipinski definition) is 1. The van der Waals surface area contributed by atoms with Gasteiger partial charge in [0.15, 0.2) is 5.65 Å². The summed E-state index contributed by atoms with van der Waals surface area (Å²) >= 11 is 0. The summed E-state index contributed by atoms with van der Waals surface area (Å²) in [4.78, 5) is 18.4. The van der Waals surface area contributed by atoms with E-state index in [1.165, 1.54) is 12.1 Å². The molecule has 4 heterocycles. The van der Waals surface area contributed by atoms with Crippen molar-refractivity contribution < 1.29 is 13.9 Å². The fourth-order valence-electron chi connectivity index (χ4n) is 4.87. The molecule has 0 amide bonds. The Balaban J connectivity index is 1.42. The number of fused-ring (bicyclic) bond motifs is 1. The van der Waals surface area contributed by atoms with Crippen LogP contribution in [0.1, 0.15) is 43.7 Å². The lowest BCUT2D eigenvalue weighted by atomic mass is 10.0. The number of halogens is 2. The first-order chi connectivity index (χ1) is 17.9. The maximum absolute atomic E-state index is 15.0. The highest BCUT2D eigenvalue weighted by molar-refractivity contribution is 5.90. The first kappa shape index (κ1) is 23.8. The van der Waals surface area contributed by atoms with Gasteiger partial charge >= 0.3 is 0 Å². The highest BCUT2D eigenvalue weighted by atomic mass is 19.1. The van der Waals surface area contributed by atoms with Crippen LogP contribution in [0.25, 0.3) is 22.4 Å². The van der Waals surface area contributed by atoms with Crippen molar-refractivity contribution in [2.24, 2.45) is 7.05 Å². The predicted molar refractivity (Wildman–Crippen MR) is 137 cm³/mol. The molecule has 37 heavy (non-hydrogen) atoms. The summed E-state index contributed by atoms with van der Waals surface area (Å²) in [6, 6.07) is 3.99. The van der Waals surface area contributed by atoms with Crippen LogP contribution in [0.4, 0.5) is 20.7 Å². The molecule has 1 saturated heterocycles. The van der Waals surface area contributed by atoms with Crippen molar-refractivity contribution in [3.63, 3.8) is 0 Å². The van der Waals surface area contributed by atoms with Crippen molar-refractivity contribution in [1.29, 1.82) is 0 Å². The molecule has 194 valence electrons. The molecule has 1 unspecified atom stereocenters. The molecule has 1 N–H and O–H groups in total. The van der Waals surface area contributed by atoms with Crippen molar-refractivity contribution in [3.05, 3.63) is 47.8 Å². The molecular formula is C26H30F2N8O. The van der Waals surface area contributed by atoms with Crippen LogP contribution in [0.2, 0.25) is 0 Å². The van der Waals surface area contributed by atoms with Gasteiger partial charge in [-0.25, -0.2) is 13.8 Å². The number of aryl methyl sites for hydroxylation is 1. The molecule has 4 aromatic rings. The van der Waals surface area contributed by atoms with E-state index in [0.29, 0.717) is 41.9 Å². The number of aromatic nitrogens is 6. The van der Waals surface area contributed by atoms with Gasteiger partial charge in [-0.15, -0.1) is 0 Å². The second-order valence-corrected chi connectivity index (χ2v) is 10.0. The molecule has 2 aliphatic rings. The quantitative estimate of drug-likeness (QED) is 0.369. The number of aliphatic hydroxyl groups is 1. The van der Waals surface area contributed by atoms with Crippen molar-refractivity contribution in [2.45, 2.75) is 38.1 Å². The second-order valence-electron chi connectivity index (χ2n) is 10.0. The summed E-state index contributed by atoms with van der Waals surface area (Å²) in [5.74, 6) is -0.182. The van der Waals surface area contributed by atoms with Crippen molar-refractivity contribution in [2.75, 3.05) is 42.6 Å². The number of anilines is 2. The van der Waals surface area contributed by atoms with Crippen molar-refractivity contribution in [1.82, 2.24) is 29.3 Å². The van der Waals surface area contributed by atoms with Crippen LogP contribution < -0.4 is 9.80 Å². The van der Waals surface area contributed by atoms with Gasteiger partial charge < -0.3 is 19.5 Å². The highest BCUT2D eigenvalue weighted by Gasteiger charge is 2.28. The van der Waals surface area contributed by atoms with Gasteiger partial charge in [0.05, 0.1) is 18.8 Å². The summed E-state index contributed by atoms with van der Waals surface area (Å²) in [6.45, 7) is 4.60. The van der Waals surface area contributed by atoms with Crippen LogP contribution in [-0.4, -0.2) is 67.2 Å². The standard InChI is InChI=1S/C26H30F2N8O/c1-16(17-13-29-36(15-17)19-5-6-19)14-35(10-11-37)25-30-22(20-7-4-18(27)12-21(20)28)23-24(31-25)32-26(33(23)2)34-8-3-9-34/h4,7,12-13,15-16,19,37H,3,5-6,8-11,14H2,1-2H3. The van der Waals surface area contributed by atoms with E-state index in [4.69, 9.17) is 15.0 Å². The lowest BCUT2D eigenvalue weighted by molar-refractivity contribution is 0.300. The van der Waals surface area contributed by atoms with E-state index in [1.54, 1.807) is 0 Å². The SMILES string of the molecule is CC(CN(CCO)c1nc(-c2ccc(F)cc2F)c2c(n1)nc(N1CCC1)n2C)c1cnn(C2CC2)c1. The molecule has 1 aliphatic carbocycles. The summed E-state index contributed by atoms with van der Waals surface area (Å²) < 4.78 is 32.7. The van der Waals surface area contributed by atoms with Gasteiger partial charge in [0.2, 0.25) is 11.9 Å². The van der Waals surface area contributed by atoms with Crippen molar-refractivity contribution >= 4 is 23.1 Å². The minimum atomic E-state index is -0.702. The molecule has 3 aromatic heterocycles. The van der Waals surface area contributed by atoms with Crippen LogP contribution in [0, 0.1) is 11.6 Å². The number of rotatable bonds is 9. The normalized spacial score (nSPS) is 16.3. The Hall–Kier alpha value is -3.60. The Morgan fingerprint density at radius 2 is 1.97 bits per heavy atom. The summed E-state index contributed by atoms with van der Waals surface area (Å²) in [5.41, 5.74) is 2.63. The lowest BCUT2D eigenvalue weighted by Crippen LogP contribution is -2.38. The molecule has 6 rings (SSSR count). The average molecular weight is 509 g/mol. The molecular weight excluding hydrogens is 478 g/mol. The average Bonchev–Trinajstić information content (AvgIpc) is 3.48. The molecule has 0 radical (unpaired) electrons. The van der Waals surface area contributed by atoms with E-state index in [1.807, 2.05) is 27.4 Å². The summed E-state index contributed by atoms with van der Waals surface area (Å²) in [6.07, 6.45) is 7.37. The maximum Gasteiger partial charge on any atom is 0.228 e. The van der Waals surface area contributed by atoms with E-state index in [2.05, 4.69) is 23.1 Å². The van der Waals surface area contributed by atoms with Crippen LogP contribution in [0.5, 0.6) is 0 Å². The Bertz CT molecular complexity index is 1440. The molecule has 1 aliphatic heterocycles. The number of aliphatic hydroxyl groups excluding tert-OH is 1. The van der Waals surface area contributed by atoms with Crippen LogP contribution in [0.15, 0.2) is 30.6 Å². The van der Waals surface area contributed by atoms with Crippen molar-refractivity contribution in [3.8, 4) is 11.3 Å². The molecule has 11 heteroatoms. The first-order valence-electron chi connectivity index (χ1n) is 12.8. The second kappa shape index (κ2) is 9.37. The van der Waals surface area contributed by atoms with E-state index in [-0.39, 0.29) is 18.1 Å². The smallest absolute Gasteiger partial charge is 0.228 e. The number of nitrogens with zero attached hydrogens (tertiary/aromatic N) is 8. The van der Waals surface area contributed by atoms with E-state index in [0.717, 1.165) is 49.9 Å². The molecule has 2 fully saturated rings. The fourth-order valence-corrected chi connectivity index (χ4v) is 4.87.